The highest BCUT2D eigenvalue weighted by Crippen LogP contribution is 2.20. The van der Waals surface area contributed by atoms with Crippen LogP contribution in [-0.2, 0) is 19.1 Å². The molecule has 0 fully saturated rings. The van der Waals surface area contributed by atoms with Gasteiger partial charge in [-0.25, -0.2) is 9.59 Å². The molecule has 88 valence electrons. The minimum Gasteiger partial charge on any atom is -0.466 e. The molecule has 1 heterocycles. The van der Waals surface area contributed by atoms with Crippen molar-refractivity contribution in [2.24, 2.45) is 11.5 Å². The lowest BCUT2D eigenvalue weighted by Crippen LogP contribution is -2.35. The van der Waals surface area contributed by atoms with Crippen molar-refractivity contribution < 1.29 is 19.1 Å². The Labute approximate surface area is 92.1 Å². The van der Waals surface area contributed by atoms with Gasteiger partial charge in [0, 0.05) is 6.42 Å². The molecule has 7 nitrogen and oxygen atoms in total. The van der Waals surface area contributed by atoms with Gasteiger partial charge in [-0.2, -0.15) is 0 Å². The molecule has 0 unspecified atom stereocenters. The average Bonchev–Trinajstić information content (AvgIpc) is 2.27. The molecule has 1 aliphatic heterocycles. The second kappa shape index (κ2) is 4.56. The maximum absolute atomic E-state index is 11.3. The molecule has 0 spiro atoms. The maximum Gasteiger partial charge on any atom is 0.337 e. The number of nitrogens with two attached hydrogens (primary N) is 2. The third-order valence-electron chi connectivity index (χ3n) is 2.14. The number of hydrogen-bond donors (Lipinski definition) is 3. The van der Waals surface area contributed by atoms with Crippen LogP contribution in [0, 0.1) is 0 Å². The number of nitrogens with one attached hydrogen (secondary N) is 1. The first-order valence-corrected chi connectivity index (χ1v) is 4.42. The van der Waals surface area contributed by atoms with Gasteiger partial charge < -0.3 is 26.3 Å². The molecule has 0 atom stereocenters. The number of dihydropyridines is 1. The van der Waals surface area contributed by atoms with E-state index in [1.165, 1.54) is 14.2 Å². The summed E-state index contributed by atoms with van der Waals surface area (Å²) >= 11 is 0. The lowest BCUT2D eigenvalue weighted by molar-refractivity contribution is -0.136. The zero-order valence-electron chi connectivity index (χ0n) is 8.99. The van der Waals surface area contributed by atoms with Crippen LogP contribution in [0.4, 0.5) is 0 Å². The van der Waals surface area contributed by atoms with Gasteiger partial charge in [0.1, 0.15) is 11.6 Å². The highest BCUT2D eigenvalue weighted by atomic mass is 16.5. The van der Waals surface area contributed by atoms with E-state index in [9.17, 15) is 9.59 Å². The first kappa shape index (κ1) is 11.9. The summed E-state index contributed by atoms with van der Waals surface area (Å²) in [7, 11) is 2.45. The fourth-order valence-corrected chi connectivity index (χ4v) is 1.27. The van der Waals surface area contributed by atoms with Crippen LogP contribution in [-0.4, -0.2) is 26.2 Å². The average molecular weight is 227 g/mol. The highest BCUT2D eigenvalue weighted by Gasteiger charge is 2.27. The first-order valence-electron chi connectivity index (χ1n) is 4.42. The number of methoxy groups -OCH3 is 2. The molecule has 1 rings (SSSR count). The minimum absolute atomic E-state index is 0.00991. The Morgan fingerprint density at radius 1 is 1.06 bits per heavy atom. The van der Waals surface area contributed by atoms with Crippen molar-refractivity contribution in [2.75, 3.05) is 14.2 Å². The van der Waals surface area contributed by atoms with E-state index in [0.29, 0.717) is 0 Å². The molecule has 0 aliphatic carbocycles. The van der Waals surface area contributed by atoms with Crippen LogP contribution >= 0.6 is 0 Å². The number of carbonyl (C=O) groups is 2. The van der Waals surface area contributed by atoms with Gasteiger partial charge in [0.2, 0.25) is 0 Å². The third-order valence-corrected chi connectivity index (χ3v) is 2.14. The van der Waals surface area contributed by atoms with E-state index < -0.39 is 11.9 Å². The van der Waals surface area contributed by atoms with Crippen molar-refractivity contribution in [1.29, 1.82) is 0 Å². The Morgan fingerprint density at radius 2 is 1.44 bits per heavy atom. The quantitative estimate of drug-likeness (QED) is 0.500. The summed E-state index contributed by atoms with van der Waals surface area (Å²) in [4.78, 5) is 22.6. The predicted octanol–water partition coefficient (Wildman–Crippen LogP) is -1.33. The van der Waals surface area contributed by atoms with Crippen LogP contribution in [0.25, 0.3) is 0 Å². The molecule has 16 heavy (non-hydrogen) atoms. The van der Waals surface area contributed by atoms with Crippen LogP contribution in [0.15, 0.2) is 22.8 Å². The molecule has 1 aliphatic rings. The van der Waals surface area contributed by atoms with Crippen molar-refractivity contribution in [3.8, 4) is 0 Å². The van der Waals surface area contributed by atoms with Crippen LogP contribution in [0.2, 0.25) is 0 Å². The monoisotopic (exact) mass is 227 g/mol. The van der Waals surface area contributed by atoms with E-state index in [1.54, 1.807) is 0 Å². The minimum atomic E-state index is -0.612. The van der Waals surface area contributed by atoms with Crippen molar-refractivity contribution in [3.63, 3.8) is 0 Å². The molecule has 0 saturated heterocycles. The van der Waals surface area contributed by atoms with Crippen LogP contribution in [0.5, 0.6) is 0 Å². The highest BCUT2D eigenvalue weighted by molar-refractivity contribution is 5.96. The number of ether oxygens (including phenoxy) is 2. The van der Waals surface area contributed by atoms with Gasteiger partial charge >= 0.3 is 11.9 Å². The van der Waals surface area contributed by atoms with Gasteiger partial charge in [0.15, 0.2) is 0 Å². The molecular formula is C9H13N3O4. The van der Waals surface area contributed by atoms with Gasteiger partial charge in [0.25, 0.3) is 0 Å². The normalized spacial score (nSPS) is 15.6. The summed E-state index contributed by atoms with van der Waals surface area (Å²) in [5, 5.41) is 2.52. The zero-order chi connectivity index (χ0) is 12.3. The van der Waals surface area contributed by atoms with E-state index in [4.69, 9.17) is 11.5 Å². The molecule has 0 aromatic heterocycles. The predicted molar refractivity (Wildman–Crippen MR) is 54.2 cm³/mol. The van der Waals surface area contributed by atoms with E-state index in [1.807, 2.05) is 0 Å². The second-order valence-corrected chi connectivity index (χ2v) is 3.07. The fourth-order valence-electron chi connectivity index (χ4n) is 1.27. The van der Waals surface area contributed by atoms with Crippen molar-refractivity contribution in [2.45, 2.75) is 6.42 Å². The topological polar surface area (TPSA) is 117 Å². The Morgan fingerprint density at radius 3 is 1.75 bits per heavy atom. The van der Waals surface area contributed by atoms with Crippen molar-refractivity contribution >= 4 is 11.9 Å². The van der Waals surface area contributed by atoms with E-state index >= 15 is 0 Å². The smallest absolute Gasteiger partial charge is 0.337 e. The number of rotatable bonds is 2. The molecule has 0 saturated carbocycles. The molecule has 0 amide bonds. The molecule has 0 radical (unpaired) electrons. The molecule has 0 aromatic rings. The maximum atomic E-state index is 11.3. The first-order chi connectivity index (χ1) is 7.51. The largest absolute Gasteiger partial charge is 0.466 e. The summed E-state index contributed by atoms with van der Waals surface area (Å²) in [6.07, 6.45) is -0.00991. The second-order valence-electron chi connectivity index (χ2n) is 3.07. The molecule has 0 aromatic carbocycles. The van der Waals surface area contributed by atoms with Crippen LogP contribution in [0.1, 0.15) is 6.42 Å². The van der Waals surface area contributed by atoms with E-state index in [0.717, 1.165) is 0 Å². The number of carbonyl (C=O) groups excluding carboxylic acids is 2. The Balaban J connectivity index is 2.99. The lowest BCUT2D eigenvalue weighted by Gasteiger charge is -2.20. The summed E-state index contributed by atoms with van der Waals surface area (Å²) in [5.74, 6) is -1.06. The zero-order valence-corrected chi connectivity index (χ0v) is 8.99. The van der Waals surface area contributed by atoms with Gasteiger partial charge in [-0.15, -0.1) is 0 Å². The molecule has 0 bridgehead atoms. The molecule has 5 N–H and O–H groups in total. The molecular weight excluding hydrogens is 214 g/mol. The van der Waals surface area contributed by atoms with Gasteiger partial charge in [-0.05, 0) is 0 Å². The van der Waals surface area contributed by atoms with Gasteiger partial charge in [-0.3, -0.25) is 0 Å². The summed E-state index contributed by atoms with van der Waals surface area (Å²) in [6, 6.07) is 0. The van der Waals surface area contributed by atoms with E-state index in [2.05, 4.69) is 14.8 Å². The summed E-state index contributed by atoms with van der Waals surface area (Å²) in [5.41, 5.74) is 11.4. The Bertz CT molecular complexity index is 362. The van der Waals surface area contributed by atoms with Crippen molar-refractivity contribution in [1.82, 2.24) is 5.32 Å². The van der Waals surface area contributed by atoms with Gasteiger partial charge in [0.05, 0.1) is 25.4 Å². The standard InChI is InChI=1S/C9H13N3O4/c1-15-8(13)4-3-5(9(14)16-2)7(11)12-6(4)10/h12H,3,10-11H2,1-2H3. The van der Waals surface area contributed by atoms with Gasteiger partial charge in [-0.1, -0.05) is 0 Å². The fraction of sp³-hybridized carbons (Fsp3) is 0.333. The van der Waals surface area contributed by atoms with E-state index in [-0.39, 0.29) is 29.2 Å². The Kier molecular flexibility index (Phi) is 3.39. The summed E-state index contributed by atoms with van der Waals surface area (Å²) in [6.45, 7) is 0. The molecule has 7 heteroatoms. The van der Waals surface area contributed by atoms with Crippen LogP contribution < -0.4 is 16.8 Å². The van der Waals surface area contributed by atoms with Crippen molar-refractivity contribution in [3.05, 3.63) is 22.8 Å². The summed E-state index contributed by atoms with van der Waals surface area (Å²) < 4.78 is 9.05. The number of hydrogen-bond acceptors (Lipinski definition) is 7. The lowest BCUT2D eigenvalue weighted by atomic mass is 10.0. The third kappa shape index (κ3) is 2.08. The number of esters is 2. The van der Waals surface area contributed by atoms with Crippen LogP contribution in [0.3, 0.4) is 0 Å². The Hall–Kier alpha value is -2.18. The SMILES string of the molecule is COC(=O)C1=C(N)NC(N)=C(C(=O)OC)C1.